The van der Waals surface area contributed by atoms with Crippen molar-refractivity contribution < 1.29 is 19.1 Å². The first kappa shape index (κ1) is 22.7. The van der Waals surface area contributed by atoms with E-state index in [0.29, 0.717) is 38.8 Å². The highest BCUT2D eigenvalue weighted by molar-refractivity contribution is 7.99. The van der Waals surface area contributed by atoms with Gasteiger partial charge in [-0.1, -0.05) is 23.4 Å². The van der Waals surface area contributed by atoms with Crippen LogP contribution in [0.5, 0.6) is 17.2 Å². The van der Waals surface area contributed by atoms with E-state index in [-0.39, 0.29) is 11.5 Å². The van der Waals surface area contributed by atoms with Gasteiger partial charge in [0.1, 0.15) is 16.8 Å². The Balaban J connectivity index is 2.02. The van der Waals surface area contributed by atoms with E-state index >= 15 is 0 Å². The predicted octanol–water partition coefficient (Wildman–Crippen LogP) is 4.37. The van der Waals surface area contributed by atoms with Gasteiger partial charge in [-0.15, -0.1) is 10.2 Å². The lowest BCUT2D eigenvalue weighted by Crippen LogP contribution is -2.12. The number of ether oxygens (including phenoxy) is 3. The third-order valence-corrected chi connectivity index (χ3v) is 6.03. The van der Waals surface area contributed by atoms with Crippen molar-refractivity contribution in [2.24, 2.45) is 0 Å². The van der Waals surface area contributed by atoms with Gasteiger partial charge in [-0.05, 0) is 42.8 Å². The Labute approximate surface area is 188 Å². The van der Waals surface area contributed by atoms with Gasteiger partial charge in [0.15, 0.2) is 16.7 Å². The molecular formula is C20H21ClN4O5S. The minimum Gasteiger partial charge on any atom is -0.497 e. The molecule has 0 saturated carbocycles. The highest BCUT2D eigenvalue weighted by Gasteiger charge is 2.27. The van der Waals surface area contributed by atoms with Crippen LogP contribution in [-0.2, 0) is 0 Å². The van der Waals surface area contributed by atoms with E-state index in [0.717, 1.165) is 5.69 Å². The van der Waals surface area contributed by atoms with E-state index in [2.05, 4.69) is 10.2 Å². The number of rotatable bonds is 9. The van der Waals surface area contributed by atoms with Crippen LogP contribution in [-0.4, -0.2) is 47.6 Å². The van der Waals surface area contributed by atoms with Gasteiger partial charge in [0.25, 0.3) is 0 Å². The van der Waals surface area contributed by atoms with E-state index in [1.54, 1.807) is 19.2 Å². The maximum atomic E-state index is 11.4. The highest BCUT2D eigenvalue weighted by atomic mass is 35.5. The summed E-state index contributed by atoms with van der Waals surface area (Å²) in [6.45, 7) is 1.45. The van der Waals surface area contributed by atoms with Crippen LogP contribution in [0.4, 0.5) is 0 Å². The molecule has 0 bridgehead atoms. The molecule has 0 fully saturated rings. The van der Waals surface area contributed by atoms with Gasteiger partial charge in [-0.3, -0.25) is 14.7 Å². The first-order valence-electron chi connectivity index (χ1n) is 9.14. The SMILES string of the molecule is COc1ccc(-n2c(C)nnc2S[C@@H](C[N+](=O)[O-])c2cc(OC)c(OC)cc2Cl)cc1. The molecule has 3 aromatic rings. The van der Waals surface area contributed by atoms with Gasteiger partial charge in [-0.2, -0.15) is 0 Å². The molecular weight excluding hydrogens is 444 g/mol. The molecule has 0 aliphatic rings. The molecule has 0 N–H and O–H groups in total. The summed E-state index contributed by atoms with van der Waals surface area (Å²) in [6.07, 6.45) is 0. The van der Waals surface area contributed by atoms with Gasteiger partial charge in [-0.25, -0.2) is 0 Å². The van der Waals surface area contributed by atoms with Crippen LogP contribution >= 0.6 is 23.4 Å². The average Bonchev–Trinajstić information content (AvgIpc) is 3.12. The number of thioether (sulfide) groups is 1. The van der Waals surface area contributed by atoms with Gasteiger partial charge in [0.05, 0.1) is 21.3 Å². The summed E-state index contributed by atoms with van der Waals surface area (Å²) in [6, 6.07) is 10.6. The summed E-state index contributed by atoms with van der Waals surface area (Å²) in [5.74, 6) is 2.24. The van der Waals surface area contributed by atoms with Crippen molar-refractivity contribution in [1.29, 1.82) is 0 Å². The topological polar surface area (TPSA) is 102 Å². The summed E-state index contributed by atoms with van der Waals surface area (Å²) in [5, 5.41) is 20.0. The molecule has 0 unspecified atom stereocenters. The third kappa shape index (κ3) is 5.02. The van der Waals surface area contributed by atoms with Crippen molar-refractivity contribution in [2.45, 2.75) is 17.3 Å². The smallest absolute Gasteiger partial charge is 0.220 e. The largest absolute Gasteiger partial charge is 0.497 e. The Hall–Kier alpha value is -2.98. The fourth-order valence-electron chi connectivity index (χ4n) is 3.03. The molecule has 3 rings (SSSR count). The number of benzene rings is 2. The van der Waals surface area contributed by atoms with Crippen molar-refractivity contribution in [1.82, 2.24) is 14.8 Å². The maximum Gasteiger partial charge on any atom is 0.220 e. The zero-order valence-electron chi connectivity index (χ0n) is 17.4. The Kier molecular flexibility index (Phi) is 7.24. The third-order valence-electron chi connectivity index (χ3n) is 4.54. The molecule has 0 aliphatic heterocycles. The Bertz CT molecular complexity index is 1070. The molecule has 1 atom stereocenters. The Morgan fingerprint density at radius 2 is 1.74 bits per heavy atom. The van der Waals surface area contributed by atoms with Crippen molar-refractivity contribution >= 4 is 23.4 Å². The van der Waals surface area contributed by atoms with E-state index in [1.807, 2.05) is 35.8 Å². The van der Waals surface area contributed by atoms with Crippen LogP contribution in [0, 0.1) is 17.0 Å². The van der Waals surface area contributed by atoms with Crippen molar-refractivity contribution in [3.8, 4) is 22.9 Å². The monoisotopic (exact) mass is 464 g/mol. The van der Waals surface area contributed by atoms with Gasteiger partial charge >= 0.3 is 0 Å². The Morgan fingerprint density at radius 3 is 2.32 bits per heavy atom. The molecule has 0 amide bonds. The van der Waals surface area contributed by atoms with Crippen LogP contribution in [0.25, 0.3) is 5.69 Å². The van der Waals surface area contributed by atoms with E-state index < -0.39 is 5.25 Å². The van der Waals surface area contributed by atoms with Gasteiger partial charge < -0.3 is 14.2 Å². The number of hydrogen-bond acceptors (Lipinski definition) is 8. The molecule has 1 aromatic heterocycles. The van der Waals surface area contributed by atoms with Crippen LogP contribution in [0.2, 0.25) is 5.02 Å². The van der Waals surface area contributed by atoms with Crippen molar-refractivity contribution in [2.75, 3.05) is 27.9 Å². The molecule has 1 heterocycles. The molecule has 2 aromatic carbocycles. The molecule has 0 radical (unpaired) electrons. The molecule has 11 heteroatoms. The zero-order valence-corrected chi connectivity index (χ0v) is 18.9. The van der Waals surface area contributed by atoms with E-state index in [1.165, 1.54) is 26.0 Å². The molecule has 31 heavy (non-hydrogen) atoms. The van der Waals surface area contributed by atoms with Crippen LogP contribution in [0.15, 0.2) is 41.6 Å². The predicted molar refractivity (Wildman–Crippen MR) is 118 cm³/mol. The molecule has 0 spiro atoms. The number of aromatic nitrogens is 3. The van der Waals surface area contributed by atoms with Crippen molar-refractivity contribution in [3.63, 3.8) is 0 Å². The summed E-state index contributed by atoms with van der Waals surface area (Å²) >= 11 is 7.65. The second kappa shape index (κ2) is 9.88. The van der Waals surface area contributed by atoms with E-state index in [4.69, 9.17) is 25.8 Å². The fraction of sp³-hybridized carbons (Fsp3) is 0.300. The summed E-state index contributed by atoms with van der Waals surface area (Å²) in [7, 11) is 4.58. The first-order chi connectivity index (χ1) is 14.9. The average molecular weight is 465 g/mol. The first-order valence-corrected chi connectivity index (χ1v) is 10.4. The minimum atomic E-state index is -0.636. The molecule has 0 aliphatic carbocycles. The summed E-state index contributed by atoms with van der Waals surface area (Å²) in [4.78, 5) is 11.0. The number of hydrogen-bond donors (Lipinski definition) is 0. The number of nitro groups is 1. The minimum absolute atomic E-state index is 0.337. The molecule has 9 nitrogen and oxygen atoms in total. The maximum absolute atomic E-state index is 11.4. The van der Waals surface area contributed by atoms with Crippen molar-refractivity contribution in [3.05, 3.63) is 62.9 Å². The Morgan fingerprint density at radius 1 is 1.10 bits per heavy atom. The number of aryl methyl sites for hydroxylation is 1. The fourth-order valence-corrected chi connectivity index (χ4v) is 4.58. The van der Waals surface area contributed by atoms with Crippen LogP contribution in [0.3, 0.4) is 0 Å². The number of methoxy groups -OCH3 is 3. The highest BCUT2D eigenvalue weighted by Crippen LogP contribution is 2.43. The second-order valence-electron chi connectivity index (χ2n) is 6.41. The van der Waals surface area contributed by atoms with Crippen LogP contribution in [0.1, 0.15) is 16.6 Å². The standard InChI is InChI=1S/C20H21ClN4O5S/c1-12-22-23-20(25(12)13-5-7-14(28-2)8-6-13)31-19(11-24(26)27)15-9-17(29-3)18(30-4)10-16(15)21/h5-10,19H,11H2,1-4H3/t19-/m0/s1. The lowest BCUT2D eigenvalue weighted by atomic mass is 10.1. The molecule has 0 saturated heterocycles. The second-order valence-corrected chi connectivity index (χ2v) is 7.99. The summed E-state index contributed by atoms with van der Waals surface area (Å²) < 4.78 is 17.6. The molecule has 164 valence electrons. The number of halogens is 1. The normalized spacial score (nSPS) is 11.8. The van der Waals surface area contributed by atoms with Gasteiger partial charge in [0.2, 0.25) is 6.54 Å². The van der Waals surface area contributed by atoms with Gasteiger partial charge in [0, 0.05) is 21.7 Å². The van der Waals surface area contributed by atoms with Crippen LogP contribution < -0.4 is 14.2 Å². The quantitative estimate of drug-likeness (QED) is 0.261. The zero-order chi connectivity index (χ0) is 22.5. The number of nitrogens with zero attached hydrogens (tertiary/aromatic N) is 4. The lowest BCUT2D eigenvalue weighted by molar-refractivity contribution is -0.479. The lowest BCUT2D eigenvalue weighted by Gasteiger charge is -2.17. The van der Waals surface area contributed by atoms with E-state index in [9.17, 15) is 10.1 Å². The summed E-state index contributed by atoms with van der Waals surface area (Å²) in [5.41, 5.74) is 1.35.